The second kappa shape index (κ2) is 7.87. The van der Waals surface area contributed by atoms with Gasteiger partial charge in [0, 0.05) is 21.2 Å². The van der Waals surface area contributed by atoms with E-state index in [4.69, 9.17) is 46.4 Å². The van der Waals surface area contributed by atoms with Gasteiger partial charge in [0.1, 0.15) is 5.75 Å². The molecule has 5 nitrogen and oxygen atoms in total. The molecule has 0 radical (unpaired) electrons. The van der Waals surface area contributed by atoms with Gasteiger partial charge < -0.3 is 10.2 Å². The zero-order valence-electron chi connectivity index (χ0n) is 14.3. The van der Waals surface area contributed by atoms with Crippen molar-refractivity contribution in [2.45, 2.75) is 4.75 Å². The molecule has 0 amide bonds. The first-order valence-corrected chi connectivity index (χ1v) is 10.8. The maximum atomic E-state index is 13.0. The SMILES string of the molecule is O=S(=O)(O)C(c1ccc(Cl)cc1)(c1ccc(O)cc1Cl)c1ccc(Cl)c(O)c1Cl. The van der Waals surface area contributed by atoms with E-state index in [-0.39, 0.29) is 32.5 Å². The van der Waals surface area contributed by atoms with Crippen LogP contribution in [0.5, 0.6) is 11.5 Å². The van der Waals surface area contributed by atoms with Crippen molar-refractivity contribution >= 4 is 56.5 Å². The fourth-order valence-corrected chi connectivity index (χ4v) is 5.57. The Bertz CT molecular complexity index is 1200. The van der Waals surface area contributed by atoms with Crippen LogP contribution in [-0.4, -0.2) is 23.2 Å². The van der Waals surface area contributed by atoms with Gasteiger partial charge >= 0.3 is 0 Å². The van der Waals surface area contributed by atoms with Gasteiger partial charge in [-0.1, -0.05) is 70.7 Å². The summed E-state index contributed by atoms with van der Waals surface area (Å²) >= 11 is 24.4. The lowest BCUT2D eigenvalue weighted by Gasteiger charge is -2.34. The number of halogens is 4. The van der Waals surface area contributed by atoms with Gasteiger partial charge in [0.2, 0.25) is 0 Å². The monoisotopic (exact) mass is 492 g/mol. The molecule has 1 unspecified atom stereocenters. The van der Waals surface area contributed by atoms with Gasteiger partial charge in [-0.05, 0) is 35.9 Å². The van der Waals surface area contributed by atoms with Crippen LogP contribution in [0, 0.1) is 0 Å². The quantitative estimate of drug-likeness (QED) is 0.311. The lowest BCUT2D eigenvalue weighted by atomic mass is 9.83. The summed E-state index contributed by atoms with van der Waals surface area (Å²) in [5, 5.41) is 19.6. The smallest absolute Gasteiger partial charge is 0.283 e. The van der Waals surface area contributed by atoms with Crippen molar-refractivity contribution in [1.82, 2.24) is 0 Å². The maximum Gasteiger partial charge on any atom is 0.283 e. The van der Waals surface area contributed by atoms with Crippen molar-refractivity contribution in [2.75, 3.05) is 0 Å². The minimum atomic E-state index is -5.03. The first-order chi connectivity index (χ1) is 13.5. The van der Waals surface area contributed by atoms with Crippen LogP contribution in [0.15, 0.2) is 54.6 Å². The Morgan fingerprint density at radius 2 is 1.34 bits per heavy atom. The van der Waals surface area contributed by atoms with E-state index in [0.29, 0.717) is 5.02 Å². The van der Waals surface area contributed by atoms with Crippen LogP contribution in [-0.2, 0) is 14.9 Å². The number of phenols is 2. The molecular weight excluding hydrogens is 482 g/mol. The summed E-state index contributed by atoms with van der Waals surface area (Å²) in [5.41, 5.74) is -0.260. The molecule has 1 atom stereocenters. The first-order valence-electron chi connectivity index (χ1n) is 7.89. The van der Waals surface area contributed by atoms with E-state index in [1.54, 1.807) is 0 Å². The standard InChI is InChI=1S/C19H12Cl4O5S/c20-11-3-1-10(2-4-11)19(29(26,27)28,13-6-5-12(24)9-16(13)22)14-7-8-15(21)18(25)17(14)23/h1-9,24-25H,(H,26,27,28). The molecule has 3 aromatic carbocycles. The fourth-order valence-electron chi connectivity index (χ4n) is 3.17. The van der Waals surface area contributed by atoms with E-state index in [9.17, 15) is 23.2 Å². The fraction of sp³-hybridized carbons (Fsp3) is 0.0526. The Balaban J connectivity index is 2.59. The molecule has 152 valence electrons. The van der Waals surface area contributed by atoms with E-state index < -0.39 is 25.6 Å². The number of benzene rings is 3. The zero-order chi connectivity index (χ0) is 21.6. The third-order valence-corrected chi connectivity index (χ3v) is 7.12. The third kappa shape index (κ3) is 3.65. The van der Waals surface area contributed by atoms with Gasteiger partial charge in [0.15, 0.2) is 10.5 Å². The van der Waals surface area contributed by atoms with E-state index >= 15 is 0 Å². The lowest BCUT2D eigenvalue weighted by molar-refractivity contribution is 0.455. The van der Waals surface area contributed by atoms with Crippen molar-refractivity contribution in [1.29, 1.82) is 0 Å². The van der Waals surface area contributed by atoms with Gasteiger partial charge in [0.05, 0.1) is 10.0 Å². The van der Waals surface area contributed by atoms with Crippen LogP contribution in [0.4, 0.5) is 0 Å². The van der Waals surface area contributed by atoms with Crippen LogP contribution in [0.1, 0.15) is 16.7 Å². The van der Waals surface area contributed by atoms with Crippen LogP contribution >= 0.6 is 46.4 Å². The van der Waals surface area contributed by atoms with E-state index in [0.717, 1.165) is 6.07 Å². The van der Waals surface area contributed by atoms with Gasteiger partial charge in [-0.3, -0.25) is 4.55 Å². The number of rotatable bonds is 4. The minimum absolute atomic E-state index is 0.0422. The highest BCUT2D eigenvalue weighted by Crippen LogP contribution is 2.51. The Hall–Kier alpha value is -1.67. The molecule has 0 aliphatic heterocycles. The summed E-state index contributed by atoms with van der Waals surface area (Å²) < 4.78 is 34.0. The summed E-state index contributed by atoms with van der Waals surface area (Å²) in [6.07, 6.45) is 0. The molecule has 0 fully saturated rings. The van der Waals surface area contributed by atoms with Gasteiger partial charge in [-0.25, -0.2) is 0 Å². The minimum Gasteiger partial charge on any atom is -0.508 e. The topological polar surface area (TPSA) is 94.8 Å². The molecule has 0 aliphatic carbocycles. The van der Waals surface area contributed by atoms with Crippen LogP contribution in [0.2, 0.25) is 20.1 Å². The van der Waals surface area contributed by atoms with Crippen molar-refractivity contribution < 1.29 is 23.2 Å². The molecule has 0 aromatic heterocycles. The predicted molar refractivity (Wildman–Crippen MR) is 114 cm³/mol. The van der Waals surface area contributed by atoms with Crippen molar-refractivity contribution in [2.24, 2.45) is 0 Å². The molecule has 3 aromatic rings. The average Bonchev–Trinajstić information content (AvgIpc) is 2.63. The average molecular weight is 494 g/mol. The second-order valence-corrected chi connectivity index (χ2v) is 9.28. The molecule has 0 heterocycles. The number of aromatic hydroxyl groups is 2. The summed E-state index contributed by atoms with van der Waals surface area (Å²) in [7, 11) is -5.03. The van der Waals surface area contributed by atoms with Crippen molar-refractivity contribution in [3.05, 3.63) is 91.4 Å². The third-order valence-electron chi connectivity index (χ3n) is 4.42. The van der Waals surface area contributed by atoms with E-state index in [2.05, 4.69) is 0 Å². The number of phenolic OH excluding ortho intramolecular Hbond substituents is 2. The first kappa shape index (κ1) is 22.0. The Morgan fingerprint density at radius 3 is 1.90 bits per heavy atom. The molecule has 3 rings (SSSR count). The summed E-state index contributed by atoms with van der Waals surface area (Å²) in [6.45, 7) is 0. The molecule has 0 saturated heterocycles. The number of hydrogen-bond acceptors (Lipinski definition) is 4. The van der Waals surface area contributed by atoms with Crippen LogP contribution in [0.25, 0.3) is 0 Å². The normalized spacial score (nSPS) is 13.8. The molecule has 0 spiro atoms. The molecule has 3 N–H and O–H groups in total. The largest absolute Gasteiger partial charge is 0.508 e. The number of hydrogen-bond donors (Lipinski definition) is 3. The van der Waals surface area contributed by atoms with Gasteiger partial charge in [-0.2, -0.15) is 8.42 Å². The summed E-state index contributed by atoms with van der Waals surface area (Å²) in [4.78, 5) is 0. The second-order valence-electron chi connectivity index (χ2n) is 6.08. The Kier molecular flexibility index (Phi) is 5.98. The molecule has 29 heavy (non-hydrogen) atoms. The highest BCUT2D eigenvalue weighted by Gasteiger charge is 2.51. The summed E-state index contributed by atoms with van der Waals surface area (Å²) in [6, 6.07) is 11.7. The van der Waals surface area contributed by atoms with Crippen LogP contribution < -0.4 is 0 Å². The lowest BCUT2D eigenvalue weighted by Crippen LogP contribution is -2.38. The molecule has 0 aliphatic rings. The molecule has 0 bridgehead atoms. The Morgan fingerprint density at radius 1 is 0.759 bits per heavy atom. The Labute approximate surface area is 186 Å². The molecular formula is C19H12Cl4O5S. The maximum absolute atomic E-state index is 13.0. The van der Waals surface area contributed by atoms with Crippen molar-refractivity contribution in [3.63, 3.8) is 0 Å². The summed E-state index contributed by atoms with van der Waals surface area (Å²) in [5.74, 6) is -0.785. The molecule has 0 saturated carbocycles. The van der Waals surface area contributed by atoms with Crippen LogP contribution in [0.3, 0.4) is 0 Å². The van der Waals surface area contributed by atoms with Gasteiger partial charge in [-0.15, -0.1) is 0 Å². The van der Waals surface area contributed by atoms with E-state index in [1.807, 2.05) is 0 Å². The van der Waals surface area contributed by atoms with Crippen molar-refractivity contribution in [3.8, 4) is 11.5 Å². The predicted octanol–water partition coefficient (Wildman–Crippen LogP) is 5.89. The zero-order valence-corrected chi connectivity index (χ0v) is 18.1. The van der Waals surface area contributed by atoms with E-state index in [1.165, 1.54) is 48.5 Å². The van der Waals surface area contributed by atoms with Gasteiger partial charge in [0.25, 0.3) is 10.1 Å². The molecule has 10 heteroatoms. The highest BCUT2D eigenvalue weighted by molar-refractivity contribution is 7.87. The highest BCUT2D eigenvalue weighted by atomic mass is 35.5.